The lowest BCUT2D eigenvalue weighted by Crippen LogP contribution is -2.00. The second-order valence-corrected chi connectivity index (χ2v) is 2.14. The third-order valence-electron chi connectivity index (χ3n) is 0.474. The SMILES string of the molecule is C/C(=N\O)C(Cl)Cl. The number of hydrogen-bond acceptors (Lipinski definition) is 2. The summed E-state index contributed by atoms with van der Waals surface area (Å²) in [4.78, 5) is -0.690. The van der Waals surface area contributed by atoms with Crippen LogP contribution in [-0.2, 0) is 0 Å². The molecule has 0 saturated heterocycles. The Bertz CT molecular complexity index is 81.0. The van der Waals surface area contributed by atoms with Crippen molar-refractivity contribution in [3.05, 3.63) is 0 Å². The molecule has 0 aromatic heterocycles. The van der Waals surface area contributed by atoms with Crippen LogP contribution in [0.4, 0.5) is 0 Å². The molecule has 0 rings (SSSR count). The third kappa shape index (κ3) is 2.71. The first-order valence-electron chi connectivity index (χ1n) is 1.65. The van der Waals surface area contributed by atoms with Gasteiger partial charge in [-0.05, 0) is 6.92 Å². The average molecular weight is 142 g/mol. The van der Waals surface area contributed by atoms with Crippen molar-refractivity contribution in [2.45, 2.75) is 11.8 Å². The molecule has 1 N–H and O–H groups in total. The van der Waals surface area contributed by atoms with E-state index in [1.165, 1.54) is 6.92 Å². The number of oxime groups is 1. The van der Waals surface area contributed by atoms with E-state index in [1.807, 2.05) is 0 Å². The lowest BCUT2D eigenvalue weighted by molar-refractivity contribution is 0.318. The average Bonchev–Trinajstić information content (AvgIpc) is 1.65. The first-order valence-corrected chi connectivity index (χ1v) is 2.52. The van der Waals surface area contributed by atoms with E-state index in [2.05, 4.69) is 5.16 Å². The molecule has 7 heavy (non-hydrogen) atoms. The first-order chi connectivity index (χ1) is 3.18. The van der Waals surface area contributed by atoms with Gasteiger partial charge in [0.25, 0.3) is 0 Å². The fraction of sp³-hybridized carbons (Fsp3) is 0.667. The molecule has 0 atom stereocenters. The van der Waals surface area contributed by atoms with Crippen LogP contribution < -0.4 is 0 Å². The molecule has 0 bridgehead atoms. The molecule has 0 aliphatic carbocycles. The number of nitrogens with zero attached hydrogens (tertiary/aromatic N) is 1. The molecule has 0 spiro atoms. The Kier molecular flexibility index (Phi) is 3.13. The Morgan fingerprint density at radius 3 is 2.14 bits per heavy atom. The van der Waals surface area contributed by atoms with Gasteiger partial charge in [-0.15, -0.1) is 0 Å². The van der Waals surface area contributed by atoms with Gasteiger partial charge < -0.3 is 5.21 Å². The highest BCUT2D eigenvalue weighted by atomic mass is 35.5. The van der Waals surface area contributed by atoms with E-state index < -0.39 is 4.84 Å². The second-order valence-electron chi connectivity index (χ2n) is 1.04. The Labute approximate surface area is 51.7 Å². The van der Waals surface area contributed by atoms with Crippen LogP contribution in [0.3, 0.4) is 0 Å². The van der Waals surface area contributed by atoms with Crippen molar-refractivity contribution >= 4 is 28.9 Å². The van der Waals surface area contributed by atoms with Crippen molar-refractivity contribution in [1.29, 1.82) is 0 Å². The van der Waals surface area contributed by atoms with Gasteiger partial charge in [0, 0.05) is 0 Å². The van der Waals surface area contributed by atoms with Crippen LogP contribution >= 0.6 is 23.2 Å². The molecule has 0 aliphatic rings. The summed E-state index contributed by atoms with van der Waals surface area (Å²) in [5.41, 5.74) is 0.309. The van der Waals surface area contributed by atoms with Crippen molar-refractivity contribution in [3.8, 4) is 0 Å². The smallest absolute Gasteiger partial charge is 0.148 e. The summed E-state index contributed by atoms with van der Waals surface area (Å²) in [5.74, 6) is 0. The van der Waals surface area contributed by atoms with Crippen LogP contribution in [0.25, 0.3) is 0 Å². The van der Waals surface area contributed by atoms with E-state index in [1.54, 1.807) is 0 Å². The van der Waals surface area contributed by atoms with Gasteiger partial charge in [-0.3, -0.25) is 0 Å². The van der Waals surface area contributed by atoms with Crippen LogP contribution in [0.2, 0.25) is 0 Å². The van der Waals surface area contributed by atoms with E-state index >= 15 is 0 Å². The van der Waals surface area contributed by atoms with Crippen molar-refractivity contribution in [3.63, 3.8) is 0 Å². The minimum atomic E-state index is -0.690. The Morgan fingerprint density at radius 2 is 2.14 bits per heavy atom. The monoisotopic (exact) mass is 141 g/mol. The van der Waals surface area contributed by atoms with Gasteiger partial charge in [-0.25, -0.2) is 0 Å². The molecular formula is C3H5Cl2NO. The van der Waals surface area contributed by atoms with Crippen molar-refractivity contribution < 1.29 is 5.21 Å². The van der Waals surface area contributed by atoms with E-state index in [-0.39, 0.29) is 0 Å². The van der Waals surface area contributed by atoms with Gasteiger partial charge in [0.1, 0.15) is 4.84 Å². The fourth-order valence-corrected chi connectivity index (χ4v) is 0.131. The highest BCUT2D eigenvalue weighted by molar-refractivity contribution is 6.54. The summed E-state index contributed by atoms with van der Waals surface area (Å²) in [6.07, 6.45) is 0. The lowest BCUT2D eigenvalue weighted by atomic mass is 10.5. The van der Waals surface area contributed by atoms with Crippen LogP contribution in [0, 0.1) is 0 Å². The quantitative estimate of drug-likeness (QED) is 0.256. The minimum absolute atomic E-state index is 0.309. The molecule has 0 amide bonds. The molecule has 0 fully saturated rings. The molecule has 2 nitrogen and oxygen atoms in total. The van der Waals surface area contributed by atoms with E-state index in [4.69, 9.17) is 28.4 Å². The fourth-order valence-electron chi connectivity index (χ4n) is 0.0436. The minimum Gasteiger partial charge on any atom is -0.411 e. The lowest BCUT2D eigenvalue weighted by Gasteiger charge is -1.91. The van der Waals surface area contributed by atoms with Crippen molar-refractivity contribution in [1.82, 2.24) is 0 Å². The van der Waals surface area contributed by atoms with Gasteiger partial charge in [-0.1, -0.05) is 28.4 Å². The normalized spacial score (nSPS) is 12.9. The second kappa shape index (κ2) is 3.10. The maximum absolute atomic E-state index is 7.92. The summed E-state index contributed by atoms with van der Waals surface area (Å²) >= 11 is 10.4. The topological polar surface area (TPSA) is 32.6 Å². The van der Waals surface area contributed by atoms with Gasteiger partial charge in [-0.2, -0.15) is 0 Å². The Morgan fingerprint density at radius 1 is 1.71 bits per heavy atom. The first kappa shape index (κ1) is 7.05. The predicted octanol–water partition coefficient (Wildman–Crippen LogP) is 1.64. The van der Waals surface area contributed by atoms with Crippen molar-refractivity contribution in [2.75, 3.05) is 0 Å². The zero-order valence-electron chi connectivity index (χ0n) is 3.73. The Balaban J connectivity index is 3.56. The molecule has 0 radical (unpaired) electrons. The summed E-state index contributed by atoms with van der Waals surface area (Å²) in [5, 5.41) is 10.7. The van der Waals surface area contributed by atoms with Crippen LogP contribution in [0.15, 0.2) is 5.16 Å². The number of hydrogen-bond donors (Lipinski definition) is 1. The maximum atomic E-state index is 7.92. The number of alkyl halides is 2. The van der Waals surface area contributed by atoms with Crippen molar-refractivity contribution in [2.24, 2.45) is 5.16 Å². The largest absolute Gasteiger partial charge is 0.411 e. The molecule has 0 aromatic carbocycles. The molecular weight excluding hydrogens is 137 g/mol. The van der Waals surface area contributed by atoms with Gasteiger partial charge in [0.15, 0.2) is 0 Å². The Hall–Kier alpha value is 0.0500. The molecule has 0 unspecified atom stereocenters. The zero-order chi connectivity index (χ0) is 5.86. The predicted molar refractivity (Wildman–Crippen MR) is 30.4 cm³/mol. The highest BCUT2D eigenvalue weighted by Crippen LogP contribution is 2.02. The highest BCUT2D eigenvalue weighted by Gasteiger charge is 2.00. The van der Waals surface area contributed by atoms with Crippen LogP contribution in [0.5, 0.6) is 0 Å². The standard InChI is InChI=1S/C3H5Cl2NO/c1-2(6-7)3(4)5/h3,7H,1H3/b6-2+. The molecule has 42 valence electrons. The van der Waals surface area contributed by atoms with Crippen LogP contribution in [0.1, 0.15) is 6.92 Å². The van der Waals surface area contributed by atoms with E-state index in [0.29, 0.717) is 5.71 Å². The molecule has 0 heterocycles. The van der Waals surface area contributed by atoms with E-state index in [9.17, 15) is 0 Å². The molecule has 0 saturated carbocycles. The van der Waals surface area contributed by atoms with Gasteiger partial charge in [0.05, 0.1) is 5.71 Å². The molecule has 0 aliphatic heterocycles. The summed E-state index contributed by atoms with van der Waals surface area (Å²) in [7, 11) is 0. The summed E-state index contributed by atoms with van der Waals surface area (Å²) in [6, 6.07) is 0. The maximum Gasteiger partial charge on any atom is 0.148 e. The number of halogens is 2. The number of rotatable bonds is 1. The van der Waals surface area contributed by atoms with Crippen LogP contribution in [-0.4, -0.2) is 15.8 Å². The van der Waals surface area contributed by atoms with E-state index in [0.717, 1.165) is 0 Å². The van der Waals surface area contributed by atoms with Gasteiger partial charge in [0.2, 0.25) is 0 Å². The summed E-state index contributed by atoms with van der Waals surface area (Å²) < 4.78 is 0. The zero-order valence-corrected chi connectivity index (χ0v) is 5.24. The molecule has 4 heteroatoms. The molecule has 0 aromatic rings. The summed E-state index contributed by atoms with van der Waals surface area (Å²) in [6.45, 7) is 1.53. The third-order valence-corrected chi connectivity index (χ3v) is 1.11. The van der Waals surface area contributed by atoms with Gasteiger partial charge >= 0.3 is 0 Å².